The zero-order valence-electron chi connectivity index (χ0n) is 29.0. The molecule has 0 radical (unpaired) electrons. The fourth-order valence-electron chi connectivity index (χ4n) is 4.64. The van der Waals surface area contributed by atoms with Gasteiger partial charge in [-0.25, -0.2) is 0 Å². The van der Waals surface area contributed by atoms with Gasteiger partial charge in [-0.2, -0.15) is 0 Å². The molecule has 0 N–H and O–H groups in total. The summed E-state index contributed by atoms with van der Waals surface area (Å²) in [4.78, 5) is 0. The van der Waals surface area contributed by atoms with Gasteiger partial charge in [-0.15, -0.1) is 0 Å². The Morgan fingerprint density at radius 2 is 0.500 bits per heavy atom. The van der Waals surface area contributed by atoms with Crippen molar-refractivity contribution in [2.24, 2.45) is 0 Å². The minimum atomic E-state index is -6.00. The van der Waals surface area contributed by atoms with Crippen molar-refractivity contribution >= 4 is 58.8 Å². The summed E-state index contributed by atoms with van der Waals surface area (Å²) in [6, 6.07) is 44.3. The summed E-state index contributed by atoms with van der Waals surface area (Å²) in [5.74, 6) is 0. The Morgan fingerprint density at radius 3 is 0.667 bits per heavy atom. The van der Waals surface area contributed by atoms with Crippen molar-refractivity contribution in [3.05, 3.63) is 146 Å². The van der Waals surface area contributed by atoms with Crippen LogP contribution >= 0.6 is 15.8 Å². The van der Waals surface area contributed by atoms with Gasteiger partial charge in [0.05, 0.1) is 0 Å². The Bertz CT molecular complexity index is 1300. The molecule has 0 aromatic heterocycles. The summed E-state index contributed by atoms with van der Waals surface area (Å²) < 4.78 is 117. The Morgan fingerprint density at radius 1 is 0.333 bits per heavy atom. The maximum absolute atomic E-state index is 9.75. The molecule has 0 nitrogen and oxygen atoms in total. The third-order valence-corrected chi connectivity index (χ3v) is 11.8. The van der Waals surface area contributed by atoms with E-state index in [-0.39, 0.29) is 35.3 Å². The molecule has 4 aromatic carbocycles. The molecular weight excluding hydrogens is 858 g/mol. The predicted octanol–water partition coefficient (Wildman–Crippen LogP) is 12.6. The van der Waals surface area contributed by atoms with Gasteiger partial charge in [0.15, 0.2) is 0 Å². The van der Waals surface area contributed by atoms with Crippen LogP contribution in [0.4, 0.5) is 51.8 Å². The molecule has 0 fully saturated rings. The third-order valence-electron chi connectivity index (χ3n) is 6.62. The summed E-state index contributed by atoms with van der Waals surface area (Å²) in [5.41, 5.74) is 0. The Kier molecular flexibility index (Phi) is 27.1. The van der Waals surface area contributed by atoms with Crippen LogP contribution in [0.1, 0.15) is 38.5 Å². The second-order valence-corrected chi connectivity index (χ2v) is 15.6. The van der Waals surface area contributed by atoms with Crippen molar-refractivity contribution < 1.29 is 71.3 Å². The van der Waals surface area contributed by atoms with Gasteiger partial charge in [0.2, 0.25) is 0 Å². The standard InChI is InChI=1S/C28H28P2.C8H12.3BF4.Rh/c1-5-15-25(16-6-1)29(26-17-7-2-8-18-26)23-13-14-24-30(27-19-9-3-10-20-27)28-21-11-4-12-22-28;1-2-4-6-8-7-5-3-1;3*2-1(3,4)5;/h1-12,15-22H,13-14,23-24H2;1-2,7-8H,3-6H2;;;;/q;;3*-1;+3. The van der Waals surface area contributed by atoms with Crippen molar-refractivity contribution in [3.8, 4) is 0 Å². The van der Waals surface area contributed by atoms with E-state index in [1.807, 2.05) is 0 Å². The molecule has 5 rings (SSSR count). The van der Waals surface area contributed by atoms with Crippen LogP contribution in [0.2, 0.25) is 0 Å². The topological polar surface area (TPSA) is 0 Å². The molecule has 0 heterocycles. The average molecular weight is 898 g/mol. The molecule has 0 atom stereocenters. The van der Waals surface area contributed by atoms with Gasteiger partial charge < -0.3 is 51.8 Å². The van der Waals surface area contributed by atoms with Crippen LogP contribution in [-0.4, -0.2) is 34.1 Å². The van der Waals surface area contributed by atoms with Crippen molar-refractivity contribution in [1.29, 1.82) is 0 Å². The van der Waals surface area contributed by atoms with Crippen LogP contribution < -0.4 is 21.2 Å². The number of allylic oxidation sites excluding steroid dienone is 4. The predicted molar refractivity (Wildman–Crippen MR) is 204 cm³/mol. The second kappa shape index (κ2) is 28.6. The van der Waals surface area contributed by atoms with E-state index in [0.717, 1.165) is 0 Å². The van der Waals surface area contributed by atoms with Crippen molar-refractivity contribution in [2.45, 2.75) is 38.5 Å². The number of halogens is 12. The van der Waals surface area contributed by atoms with E-state index in [4.69, 9.17) is 0 Å². The summed E-state index contributed by atoms with van der Waals surface area (Å²) >= 11 is 0. The number of rotatable bonds is 9. The van der Waals surface area contributed by atoms with Crippen LogP contribution in [0.25, 0.3) is 0 Å². The van der Waals surface area contributed by atoms with Crippen LogP contribution in [0.3, 0.4) is 0 Å². The molecular formula is C36H40B3F12P2Rh. The Hall–Kier alpha value is -2.80. The van der Waals surface area contributed by atoms with Crippen molar-refractivity contribution in [2.75, 3.05) is 12.3 Å². The number of unbranched alkanes of at least 4 members (excludes halogenated alkanes) is 1. The molecule has 1 aliphatic carbocycles. The van der Waals surface area contributed by atoms with Gasteiger partial charge in [0, 0.05) is 0 Å². The first-order valence-electron chi connectivity index (χ1n) is 16.6. The minimum absolute atomic E-state index is 0. The molecule has 0 unspecified atom stereocenters. The maximum Gasteiger partial charge on any atom is 3.00 e. The second-order valence-electron chi connectivity index (χ2n) is 10.9. The normalized spacial score (nSPS) is 12.5. The fourth-order valence-corrected chi connectivity index (χ4v) is 9.48. The van der Waals surface area contributed by atoms with Crippen LogP contribution in [0.5, 0.6) is 0 Å². The molecule has 0 spiro atoms. The van der Waals surface area contributed by atoms with E-state index in [0.29, 0.717) is 0 Å². The van der Waals surface area contributed by atoms with Crippen LogP contribution in [0, 0.1) is 0 Å². The van der Waals surface area contributed by atoms with E-state index < -0.39 is 21.8 Å². The van der Waals surface area contributed by atoms with E-state index in [2.05, 4.69) is 146 Å². The monoisotopic (exact) mass is 898 g/mol. The van der Waals surface area contributed by atoms with Gasteiger partial charge in [0.25, 0.3) is 0 Å². The number of benzene rings is 4. The molecule has 4 aromatic rings. The molecule has 0 saturated heterocycles. The molecule has 54 heavy (non-hydrogen) atoms. The summed E-state index contributed by atoms with van der Waals surface area (Å²) in [6.45, 7) is 0. The SMILES string of the molecule is C1=CCCC=CCC1.F[B-](F)(F)F.F[B-](F)(F)F.F[B-](F)(F)F.[Rh+3].c1ccc(P(CCCCP(c2ccccc2)c2ccccc2)c2ccccc2)cc1. The Labute approximate surface area is 325 Å². The molecule has 1 aliphatic rings. The minimum Gasteiger partial charge on any atom is -0.418 e. The first-order valence-corrected chi connectivity index (χ1v) is 19.6. The van der Waals surface area contributed by atoms with Crippen LogP contribution in [-0.2, 0) is 19.5 Å². The zero-order valence-corrected chi connectivity index (χ0v) is 32.4. The Balaban J connectivity index is 0.000000951. The van der Waals surface area contributed by atoms with E-state index >= 15 is 0 Å². The molecule has 0 saturated carbocycles. The fraction of sp³-hybridized carbons (Fsp3) is 0.222. The van der Waals surface area contributed by atoms with E-state index in [1.54, 1.807) is 0 Å². The van der Waals surface area contributed by atoms with Gasteiger partial charge in [-0.3, -0.25) is 0 Å². The smallest absolute Gasteiger partial charge is 0.418 e. The quantitative estimate of drug-likeness (QED) is 0.0516. The summed E-state index contributed by atoms with van der Waals surface area (Å²) in [6.07, 6.45) is 19.1. The molecule has 0 bridgehead atoms. The van der Waals surface area contributed by atoms with E-state index in [9.17, 15) is 51.8 Å². The van der Waals surface area contributed by atoms with Crippen LogP contribution in [0.15, 0.2) is 146 Å². The number of hydrogen-bond donors (Lipinski definition) is 0. The third kappa shape index (κ3) is 31.5. The van der Waals surface area contributed by atoms with Gasteiger partial charge in [-0.05, 0) is 87.9 Å². The zero-order chi connectivity index (χ0) is 39.6. The first kappa shape index (κ1) is 51.2. The molecule has 0 aliphatic heterocycles. The first-order chi connectivity index (χ1) is 24.9. The largest absolute Gasteiger partial charge is 3.00 e. The molecule has 296 valence electrons. The summed E-state index contributed by atoms with van der Waals surface area (Å²) in [5, 5.41) is 5.97. The van der Waals surface area contributed by atoms with Crippen molar-refractivity contribution in [3.63, 3.8) is 0 Å². The maximum atomic E-state index is 9.75. The van der Waals surface area contributed by atoms with Gasteiger partial charge in [-0.1, -0.05) is 146 Å². The molecule has 0 amide bonds. The average Bonchev–Trinajstić information content (AvgIpc) is 3.06. The van der Waals surface area contributed by atoms with Gasteiger partial charge >= 0.3 is 41.2 Å². The van der Waals surface area contributed by atoms with Crippen molar-refractivity contribution in [1.82, 2.24) is 0 Å². The molecule has 18 heteroatoms. The van der Waals surface area contributed by atoms with E-state index in [1.165, 1.54) is 72.1 Å². The number of hydrogen-bond acceptors (Lipinski definition) is 0. The van der Waals surface area contributed by atoms with Gasteiger partial charge in [0.1, 0.15) is 0 Å². The summed E-state index contributed by atoms with van der Waals surface area (Å²) in [7, 11) is -18.6.